The first-order valence-electron chi connectivity index (χ1n) is 18.4. The van der Waals surface area contributed by atoms with Gasteiger partial charge >= 0.3 is 7.60 Å². The lowest BCUT2D eigenvalue weighted by Gasteiger charge is -2.37. The fourth-order valence-electron chi connectivity index (χ4n) is 6.70. The summed E-state index contributed by atoms with van der Waals surface area (Å²) in [7, 11) is -7.78. The second-order valence-corrected chi connectivity index (χ2v) is 18.8. The minimum absolute atomic E-state index is 0.00632. The number of para-hydroxylation sites is 1. The van der Waals surface area contributed by atoms with Crippen LogP contribution in [-0.4, -0.2) is 74.2 Å². The summed E-state index contributed by atoms with van der Waals surface area (Å²) >= 11 is 1.36. The highest BCUT2D eigenvalue weighted by Gasteiger charge is 2.42. The van der Waals surface area contributed by atoms with E-state index in [1.807, 2.05) is 42.7 Å². The average Bonchev–Trinajstić information content (AvgIpc) is 3.22. The molecule has 3 aromatic rings. The van der Waals surface area contributed by atoms with Crippen LogP contribution in [0.3, 0.4) is 0 Å². The Balaban J connectivity index is 1.62. The van der Waals surface area contributed by atoms with Crippen molar-refractivity contribution in [2.75, 3.05) is 42.8 Å². The average molecular weight is 804 g/mol. The van der Waals surface area contributed by atoms with Crippen molar-refractivity contribution in [2.45, 2.75) is 88.2 Å². The van der Waals surface area contributed by atoms with Crippen LogP contribution in [-0.2, 0) is 28.5 Å². The van der Waals surface area contributed by atoms with Crippen molar-refractivity contribution in [3.8, 4) is 11.5 Å². The quantitative estimate of drug-likeness (QED) is 0.0705. The first-order valence-corrected chi connectivity index (χ1v) is 23.0. The molecule has 0 bridgehead atoms. The zero-order valence-corrected chi connectivity index (χ0v) is 34.3. The number of anilines is 2. The largest absolute Gasteiger partial charge is 0.508 e. The third-order valence-corrected chi connectivity index (χ3v) is 13.6. The molecule has 0 aliphatic carbocycles. The standard InChI is InChI=1S/C39H54N3O9PS2/c1-6-8-19-39(20-9-7-2)26-42(30-13-11-10-12-14-30)32-23-34(53-5)33(24-35(32)54(48,49)27-39)50-25-36(44)41-37(29-15-17-31(43)18-16-29)38(45)40-21-22-52(46,47)51-28(3)4/h10-18,23-24,28,37,43H,6-9,19-22,25-27H2,1-5H3,(H,40,45)(H,41,44)(H,46,47)/t37-/m1/s1. The predicted octanol–water partition coefficient (Wildman–Crippen LogP) is 7.37. The van der Waals surface area contributed by atoms with Crippen molar-refractivity contribution >= 4 is 52.4 Å². The number of aromatic hydroxyl groups is 1. The van der Waals surface area contributed by atoms with Crippen LogP contribution in [0.2, 0.25) is 0 Å². The van der Waals surface area contributed by atoms with Crippen LogP contribution in [0.4, 0.5) is 11.4 Å². The van der Waals surface area contributed by atoms with Crippen LogP contribution in [0.5, 0.6) is 11.5 Å². The van der Waals surface area contributed by atoms with E-state index >= 15 is 0 Å². The van der Waals surface area contributed by atoms with Crippen molar-refractivity contribution in [3.63, 3.8) is 0 Å². The first-order chi connectivity index (χ1) is 25.6. The van der Waals surface area contributed by atoms with Crippen molar-refractivity contribution in [2.24, 2.45) is 5.41 Å². The highest BCUT2D eigenvalue weighted by atomic mass is 32.2. The molecule has 1 heterocycles. The first kappa shape index (κ1) is 43.2. The van der Waals surface area contributed by atoms with Crippen molar-refractivity contribution in [3.05, 3.63) is 72.3 Å². The number of carbonyl (C=O) groups excluding carboxylic acids is 2. The minimum Gasteiger partial charge on any atom is -0.508 e. The fraction of sp³-hybridized carbons (Fsp3) is 0.487. The van der Waals surface area contributed by atoms with Gasteiger partial charge in [-0.3, -0.25) is 14.2 Å². The highest BCUT2D eigenvalue weighted by molar-refractivity contribution is 7.98. The molecule has 54 heavy (non-hydrogen) atoms. The van der Waals surface area contributed by atoms with E-state index in [4.69, 9.17) is 9.26 Å². The number of phenolic OH excluding ortho intramolecular Hbond substituents is 1. The molecule has 15 heteroatoms. The number of thioether (sulfide) groups is 1. The number of hydrogen-bond acceptors (Lipinski definition) is 10. The Kier molecular flexibility index (Phi) is 15.5. The highest BCUT2D eigenvalue weighted by Crippen LogP contribution is 2.48. The second kappa shape index (κ2) is 19.4. The maximum Gasteiger partial charge on any atom is 0.330 e. The van der Waals surface area contributed by atoms with Gasteiger partial charge in [0.1, 0.15) is 17.5 Å². The van der Waals surface area contributed by atoms with E-state index < -0.39 is 53.4 Å². The van der Waals surface area contributed by atoms with E-state index in [1.54, 1.807) is 13.8 Å². The van der Waals surface area contributed by atoms with E-state index in [2.05, 4.69) is 29.4 Å². The summed E-state index contributed by atoms with van der Waals surface area (Å²) in [6.07, 6.45) is 6.31. The number of nitrogens with one attached hydrogen (secondary N) is 2. The smallest absolute Gasteiger partial charge is 0.330 e. The van der Waals surface area contributed by atoms with Crippen molar-refractivity contribution in [1.82, 2.24) is 10.6 Å². The summed E-state index contributed by atoms with van der Waals surface area (Å²) in [5, 5.41) is 15.0. The van der Waals surface area contributed by atoms with E-state index in [0.29, 0.717) is 22.7 Å². The number of phenols is 1. The number of fused-ring (bicyclic) bond motifs is 1. The summed E-state index contributed by atoms with van der Waals surface area (Å²) in [5.74, 6) is -1.16. The minimum atomic E-state index is -3.96. The summed E-state index contributed by atoms with van der Waals surface area (Å²) in [5.41, 5.74) is 1.33. The Morgan fingerprint density at radius 3 is 2.26 bits per heavy atom. The molecular weight excluding hydrogens is 750 g/mol. The molecule has 1 aliphatic heterocycles. The number of unbranched alkanes of at least 4 members (excludes halogenated alkanes) is 2. The van der Waals surface area contributed by atoms with Gasteiger partial charge in [0, 0.05) is 30.3 Å². The zero-order chi connectivity index (χ0) is 39.5. The number of ether oxygens (including phenoxy) is 1. The molecule has 0 saturated carbocycles. The zero-order valence-electron chi connectivity index (χ0n) is 31.7. The van der Waals surface area contributed by atoms with Gasteiger partial charge in [0.25, 0.3) is 5.91 Å². The Morgan fingerprint density at radius 2 is 1.67 bits per heavy atom. The van der Waals surface area contributed by atoms with Gasteiger partial charge in [-0.15, -0.1) is 11.8 Å². The topological polar surface area (TPSA) is 172 Å². The Morgan fingerprint density at radius 1 is 1.02 bits per heavy atom. The van der Waals surface area contributed by atoms with Gasteiger partial charge in [0.2, 0.25) is 5.91 Å². The van der Waals surface area contributed by atoms with Crippen molar-refractivity contribution in [1.29, 1.82) is 0 Å². The summed E-state index contributed by atoms with van der Waals surface area (Å²) in [4.78, 5) is 39.7. The monoisotopic (exact) mass is 803 g/mol. The molecule has 4 rings (SSSR count). The van der Waals surface area contributed by atoms with Crippen LogP contribution >= 0.6 is 19.4 Å². The number of carbonyl (C=O) groups is 2. The second-order valence-electron chi connectivity index (χ2n) is 14.0. The van der Waals surface area contributed by atoms with Gasteiger partial charge < -0.3 is 34.8 Å². The van der Waals surface area contributed by atoms with Gasteiger partial charge in [-0.1, -0.05) is 69.9 Å². The number of rotatable bonds is 19. The van der Waals surface area contributed by atoms with Crippen LogP contribution in [0.1, 0.15) is 77.8 Å². The molecule has 0 aromatic heterocycles. The number of amides is 2. The van der Waals surface area contributed by atoms with Crippen molar-refractivity contribution < 1.29 is 41.8 Å². The summed E-state index contributed by atoms with van der Waals surface area (Å²) in [6, 6.07) is 17.6. The molecule has 2 atom stereocenters. The predicted molar refractivity (Wildman–Crippen MR) is 214 cm³/mol. The third kappa shape index (κ3) is 11.7. The molecule has 12 nitrogen and oxygen atoms in total. The van der Waals surface area contributed by atoms with E-state index in [1.165, 1.54) is 42.1 Å². The third-order valence-electron chi connectivity index (χ3n) is 9.27. The lowest BCUT2D eigenvalue weighted by Crippen LogP contribution is -2.42. The molecule has 2 amide bonds. The molecule has 3 aromatic carbocycles. The SMILES string of the molecule is CCCCC1(CCCC)CN(c2ccccc2)c2cc(SC)c(OCC(=O)N[C@@H](C(=O)NCCP(=O)(O)OC(C)C)c3ccc(O)cc3)cc2S(=O)(=O)C1. The van der Waals surface area contributed by atoms with E-state index in [-0.39, 0.29) is 34.9 Å². The summed E-state index contributed by atoms with van der Waals surface area (Å²) in [6.45, 7) is 7.29. The van der Waals surface area contributed by atoms with Crippen LogP contribution in [0.15, 0.2) is 76.5 Å². The lowest BCUT2D eigenvalue weighted by molar-refractivity contribution is -0.130. The maximum atomic E-state index is 14.4. The fourth-order valence-corrected chi connectivity index (χ4v) is 10.5. The lowest BCUT2D eigenvalue weighted by atomic mass is 9.79. The number of nitrogens with zero attached hydrogens (tertiary/aromatic N) is 1. The van der Waals surface area contributed by atoms with Gasteiger partial charge in [-0.05, 0) is 68.8 Å². The molecule has 0 radical (unpaired) electrons. The maximum absolute atomic E-state index is 14.4. The van der Waals surface area contributed by atoms with E-state index in [0.717, 1.165) is 44.2 Å². The number of hydrogen-bond donors (Lipinski definition) is 4. The number of benzene rings is 3. The molecule has 0 spiro atoms. The molecule has 296 valence electrons. The molecule has 1 unspecified atom stereocenters. The van der Waals surface area contributed by atoms with Crippen LogP contribution < -0.4 is 20.3 Å². The molecule has 0 saturated heterocycles. The molecule has 4 N–H and O–H groups in total. The van der Waals surface area contributed by atoms with Crippen LogP contribution in [0, 0.1) is 5.41 Å². The van der Waals surface area contributed by atoms with Gasteiger partial charge in [-0.2, -0.15) is 0 Å². The van der Waals surface area contributed by atoms with Gasteiger partial charge in [0.05, 0.1) is 33.5 Å². The Hall–Kier alpha value is -3.55. The van der Waals surface area contributed by atoms with Gasteiger partial charge in [-0.25, -0.2) is 8.42 Å². The Labute approximate surface area is 323 Å². The van der Waals surface area contributed by atoms with Crippen LogP contribution in [0.25, 0.3) is 0 Å². The summed E-state index contributed by atoms with van der Waals surface area (Å²) < 4.78 is 52.3. The van der Waals surface area contributed by atoms with E-state index in [9.17, 15) is 32.6 Å². The Bertz CT molecular complexity index is 1870. The number of sulfone groups is 1. The normalized spacial score (nSPS) is 16.5. The molecular formula is C39H54N3O9PS2. The molecule has 0 fully saturated rings. The van der Waals surface area contributed by atoms with Gasteiger partial charge in [0.15, 0.2) is 16.4 Å². The molecule has 1 aliphatic rings.